The van der Waals surface area contributed by atoms with Crippen LogP contribution in [0, 0.1) is 0 Å². The Balaban J connectivity index is 2.55. The summed E-state index contributed by atoms with van der Waals surface area (Å²) in [7, 11) is 0. The molecule has 0 fully saturated rings. The standard InChI is InChI=1S/C15H18F3NO/c1-4-19-10(2)14(3,15(16,17)18)12-5-6-13-11(9-12)7-8-20-13/h5-10,19H,4H2,1-3H3. The van der Waals surface area contributed by atoms with Gasteiger partial charge in [0.25, 0.3) is 0 Å². The van der Waals surface area contributed by atoms with Crippen molar-refractivity contribution in [3.05, 3.63) is 36.1 Å². The molecule has 0 bridgehead atoms. The van der Waals surface area contributed by atoms with Crippen molar-refractivity contribution in [2.45, 2.75) is 38.4 Å². The fraction of sp³-hybridized carbons (Fsp3) is 0.467. The highest BCUT2D eigenvalue weighted by molar-refractivity contribution is 5.78. The van der Waals surface area contributed by atoms with Crippen LogP contribution in [0.4, 0.5) is 13.2 Å². The summed E-state index contributed by atoms with van der Waals surface area (Å²) < 4.78 is 46.1. The van der Waals surface area contributed by atoms with Gasteiger partial charge >= 0.3 is 6.18 Å². The first kappa shape index (κ1) is 14.9. The number of likely N-dealkylation sites (N-methyl/N-ethyl adjacent to an activating group) is 1. The molecule has 2 atom stereocenters. The zero-order valence-electron chi connectivity index (χ0n) is 11.7. The van der Waals surface area contributed by atoms with Gasteiger partial charge in [-0.1, -0.05) is 13.0 Å². The van der Waals surface area contributed by atoms with E-state index < -0.39 is 17.6 Å². The number of benzene rings is 1. The summed E-state index contributed by atoms with van der Waals surface area (Å²) in [6.07, 6.45) is -2.86. The lowest BCUT2D eigenvalue weighted by molar-refractivity contribution is -0.193. The molecule has 0 amide bonds. The Hall–Kier alpha value is -1.49. The predicted molar refractivity (Wildman–Crippen MR) is 72.8 cm³/mol. The maximum Gasteiger partial charge on any atom is 0.399 e. The summed E-state index contributed by atoms with van der Waals surface area (Å²) in [4.78, 5) is 0. The SMILES string of the molecule is CCNC(C)C(C)(c1ccc2occc2c1)C(F)(F)F. The Labute approximate surface area is 116 Å². The van der Waals surface area contributed by atoms with Gasteiger partial charge in [-0.15, -0.1) is 0 Å². The van der Waals surface area contributed by atoms with E-state index in [2.05, 4.69) is 5.32 Å². The summed E-state index contributed by atoms with van der Waals surface area (Å²) >= 11 is 0. The number of fused-ring (bicyclic) bond motifs is 1. The molecule has 0 aliphatic carbocycles. The Morgan fingerprint density at radius 2 is 1.95 bits per heavy atom. The molecule has 1 aromatic carbocycles. The molecule has 2 unspecified atom stereocenters. The highest BCUT2D eigenvalue weighted by Crippen LogP contribution is 2.44. The van der Waals surface area contributed by atoms with Crippen LogP contribution in [0.25, 0.3) is 11.0 Å². The summed E-state index contributed by atoms with van der Waals surface area (Å²) in [6.45, 7) is 5.09. The van der Waals surface area contributed by atoms with Gasteiger partial charge in [-0.05, 0) is 44.2 Å². The molecule has 1 N–H and O–H groups in total. The number of hydrogen-bond acceptors (Lipinski definition) is 2. The van der Waals surface area contributed by atoms with Crippen LogP contribution in [-0.4, -0.2) is 18.8 Å². The second-order valence-corrected chi connectivity index (χ2v) is 5.15. The number of alkyl halides is 3. The van der Waals surface area contributed by atoms with Crippen molar-refractivity contribution in [1.29, 1.82) is 0 Å². The Kier molecular flexibility index (Phi) is 3.82. The molecule has 0 saturated carbocycles. The van der Waals surface area contributed by atoms with E-state index in [1.54, 1.807) is 32.0 Å². The van der Waals surface area contributed by atoms with Crippen molar-refractivity contribution in [2.75, 3.05) is 6.54 Å². The fourth-order valence-electron chi connectivity index (χ4n) is 2.46. The van der Waals surface area contributed by atoms with Crippen LogP contribution in [-0.2, 0) is 5.41 Å². The molecule has 0 aliphatic heterocycles. The first-order valence-corrected chi connectivity index (χ1v) is 6.58. The van der Waals surface area contributed by atoms with E-state index in [-0.39, 0.29) is 5.56 Å². The van der Waals surface area contributed by atoms with Crippen LogP contribution in [0.3, 0.4) is 0 Å². The van der Waals surface area contributed by atoms with Gasteiger partial charge in [-0.25, -0.2) is 0 Å². The molecular formula is C15H18F3NO. The molecule has 0 radical (unpaired) electrons. The minimum absolute atomic E-state index is 0.243. The van der Waals surface area contributed by atoms with Crippen molar-refractivity contribution in [3.63, 3.8) is 0 Å². The summed E-state index contributed by atoms with van der Waals surface area (Å²) in [5.74, 6) is 0. The Bertz CT molecular complexity index is 590. The molecule has 5 heteroatoms. The van der Waals surface area contributed by atoms with Crippen molar-refractivity contribution < 1.29 is 17.6 Å². The molecular weight excluding hydrogens is 267 g/mol. The van der Waals surface area contributed by atoms with Crippen molar-refractivity contribution >= 4 is 11.0 Å². The normalized spacial score (nSPS) is 17.1. The summed E-state index contributed by atoms with van der Waals surface area (Å²) in [5.41, 5.74) is -1.11. The predicted octanol–water partition coefficient (Wildman–Crippen LogP) is 4.25. The molecule has 2 aromatic rings. The lowest BCUT2D eigenvalue weighted by atomic mass is 9.75. The van der Waals surface area contributed by atoms with Gasteiger partial charge in [-0.3, -0.25) is 0 Å². The molecule has 110 valence electrons. The van der Waals surface area contributed by atoms with E-state index in [9.17, 15) is 13.2 Å². The van der Waals surface area contributed by atoms with Crippen LogP contribution in [0.15, 0.2) is 34.9 Å². The highest BCUT2D eigenvalue weighted by Gasteiger charge is 2.55. The topological polar surface area (TPSA) is 25.2 Å². The zero-order valence-corrected chi connectivity index (χ0v) is 11.7. The molecule has 0 spiro atoms. The lowest BCUT2D eigenvalue weighted by Crippen LogP contribution is -2.54. The van der Waals surface area contributed by atoms with E-state index in [4.69, 9.17) is 4.42 Å². The maximum absolute atomic E-state index is 13.6. The average molecular weight is 285 g/mol. The van der Waals surface area contributed by atoms with E-state index >= 15 is 0 Å². The fourth-order valence-corrected chi connectivity index (χ4v) is 2.46. The second kappa shape index (κ2) is 5.13. The van der Waals surface area contributed by atoms with Crippen LogP contribution in [0.1, 0.15) is 26.3 Å². The molecule has 1 heterocycles. The van der Waals surface area contributed by atoms with Gasteiger partial charge in [0.05, 0.1) is 6.26 Å². The summed E-state index contributed by atoms with van der Waals surface area (Å²) in [5, 5.41) is 3.57. The van der Waals surface area contributed by atoms with Crippen LogP contribution in [0.2, 0.25) is 0 Å². The lowest BCUT2D eigenvalue weighted by Gasteiger charge is -2.38. The molecule has 0 saturated heterocycles. The van der Waals surface area contributed by atoms with Crippen LogP contribution < -0.4 is 5.32 Å². The van der Waals surface area contributed by atoms with Gasteiger partial charge in [0.15, 0.2) is 0 Å². The average Bonchev–Trinajstić information content (AvgIpc) is 2.83. The van der Waals surface area contributed by atoms with E-state index in [0.717, 1.165) is 0 Å². The second-order valence-electron chi connectivity index (χ2n) is 5.15. The van der Waals surface area contributed by atoms with E-state index in [0.29, 0.717) is 17.5 Å². The third kappa shape index (κ3) is 2.30. The monoisotopic (exact) mass is 285 g/mol. The first-order chi connectivity index (χ1) is 9.30. The van der Waals surface area contributed by atoms with Gasteiger partial charge in [0, 0.05) is 11.4 Å². The third-order valence-electron chi connectivity index (χ3n) is 4.02. The quantitative estimate of drug-likeness (QED) is 0.908. The zero-order chi connectivity index (χ0) is 15.0. The smallest absolute Gasteiger partial charge is 0.399 e. The Morgan fingerprint density at radius 1 is 1.25 bits per heavy atom. The van der Waals surface area contributed by atoms with Crippen molar-refractivity contribution in [3.8, 4) is 0 Å². The number of hydrogen-bond donors (Lipinski definition) is 1. The van der Waals surface area contributed by atoms with E-state index in [1.807, 2.05) is 0 Å². The molecule has 0 aliphatic rings. The molecule has 2 nitrogen and oxygen atoms in total. The van der Waals surface area contributed by atoms with Crippen molar-refractivity contribution in [1.82, 2.24) is 5.32 Å². The summed E-state index contributed by atoms with van der Waals surface area (Å²) in [6, 6.07) is 5.59. The van der Waals surface area contributed by atoms with Gasteiger partial charge < -0.3 is 9.73 Å². The number of halogens is 3. The van der Waals surface area contributed by atoms with Crippen LogP contribution >= 0.6 is 0 Å². The van der Waals surface area contributed by atoms with Gasteiger partial charge in [-0.2, -0.15) is 13.2 Å². The minimum atomic E-state index is -4.34. The molecule has 20 heavy (non-hydrogen) atoms. The van der Waals surface area contributed by atoms with E-state index in [1.165, 1.54) is 19.3 Å². The Morgan fingerprint density at radius 3 is 2.55 bits per heavy atom. The number of rotatable bonds is 4. The largest absolute Gasteiger partial charge is 0.464 e. The van der Waals surface area contributed by atoms with Gasteiger partial charge in [0.2, 0.25) is 0 Å². The van der Waals surface area contributed by atoms with Crippen molar-refractivity contribution in [2.24, 2.45) is 0 Å². The highest BCUT2D eigenvalue weighted by atomic mass is 19.4. The number of furan rings is 1. The van der Waals surface area contributed by atoms with Crippen LogP contribution in [0.5, 0.6) is 0 Å². The molecule has 2 rings (SSSR count). The number of nitrogens with one attached hydrogen (secondary N) is 1. The minimum Gasteiger partial charge on any atom is -0.464 e. The third-order valence-corrected chi connectivity index (χ3v) is 4.02. The maximum atomic E-state index is 13.6. The first-order valence-electron chi connectivity index (χ1n) is 6.58. The van der Waals surface area contributed by atoms with Gasteiger partial charge in [0.1, 0.15) is 11.0 Å². The molecule has 1 aromatic heterocycles.